The molecule has 1 amide bonds. The third kappa shape index (κ3) is 6.42. The Kier molecular flexibility index (Phi) is 8.02. The Bertz CT molecular complexity index is 790. The molecule has 0 aromatic heterocycles. The van der Waals surface area contributed by atoms with Gasteiger partial charge in [-0.05, 0) is 36.2 Å². The quantitative estimate of drug-likeness (QED) is 0.646. The van der Waals surface area contributed by atoms with E-state index in [4.69, 9.17) is 9.47 Å². The molecule has 2 aromatic rings. The molecule has 0 saturated heterocycles. The summed E-state index contributed by atoms with van der Waals surface area (Å²) >= 11 is 0. The highest BCUT2D eigenvalue weighted by Gasteiger charge is 2.23. The van der Waals surface area contributed by atoms with Crippen LogP contribution in [-0.4, -0.2) is 38.0 Å². The maximum Gasteiger partial charge on any atom is 0.328 e. The van der Waals surface area contributed by atoms with E-state index in [0.29, 0.717) is 5.56 Å². The van der Waals surface area contributed by atoms with Crippen LogP contribution in [0, 0.1) is 0 Å². The summed E-state index contributed by atoms with van der Waals surface area (Å²) in [7, 11) is 3.01. The molecule has 0 bridgehead atoms. The minimum Gasteiger partial charge on any atom is -0.467 e. The minimum absolute atomic E-state index is 0.0222. The van der Waals surface area contributed by atoms with E-state index in [1.165, 1.54) is 7.11 Å². The van der Waals surface area contributed by atoms with Crippen molar-refractivity contribution in [1.29, 1.82) is 0 Å². The summed E-state index contributed by atoms with van der Waals surface area (Å²) in [6.07, 6.45) is 0.0617. The Labute approximate surface area is 164 Å². The molecule has 2 rings (SSSR count). The normalized spacial score (nSPS) is 11.2. The lowest BCUT2D eigenvalue weighted by atomic mass is 10.1. The molecule has 0 aliphatic carbocycles. The van der Waals surface area contributed by atoms with Gasteiger partial charge in [0.2, 0.25) is 0 Å². The van der Waals surface area contributed by atoms with Crippen molar-refractivity contribution in [3.8, 4) is 0 Å². The highest BCUT2D eigenvalue weighted by atomic mass is 16.5. The fourth-order valence-electron chi connectivity index (χ4n) is 2.49. The van der Waals surface area contributed by atoms with Crippen LogP contribution in [0.2, 0.25) is 0 Å². The van der Waals surface area contributed by atoms with Crippen LogP contribution in [0.15, 0.2) is 54.6 Å². The zero-order valence-electron chi connectivity index (χ0n) is 15.9. The molecule has 0 saturated carbocycles. The maximum atomic E-state index is 12.4. The van der Waals surface area contributed by atoms with Crippen molar-refractivity contribution in [1.82, 2.24) is 5.32 Å². The van der Waals surface area contributed by atoms with E-state index in [-0.39, 0.29) is 19.4 Å². The van der Waals surface area contributed by atoms with Gasteiger partial charge in [-0.3, -0.25) is 9.59 Å². The van der Waals surface area contributed by atoms with Gasteiger partial charge >= 0.3 is 11.9 Å². The van der Waals surface area contributed by atoms with E-state index in [2.05, 4.69) is 10.6 Å². The smallest absolute Gasteiger partial charge is 0.328 e. The molecule has 1 unspecified atom stereocenters. The van der Waals surface area contributed by atoms with Gasteiger partial charge in [0.05, 0.1) is 7.11 Å². The molecule has 7 heteroatoms. The number of methoxy groups -OCH3 is 1. The van der Waals surface area contributed by atoms with Crippen LogP contribution in [0.3, 0.4) is 0 Å². The Balaban J connectivity index is 1.88. The van der Waals surface area contributed by atoms with Gasteiger partial charge in [-0.15, -0.1) is 0 Å². The Hall–Kier alpha value is -3.35. The van der Waals surface area contributed by atoms with Crippen LogP contribution in [0.5, 0.6) is 0 Å². The molecule has 148 valence electrons. The van der Waals surface area contributed by atoms with E-state index < -0.39 is 23.9 Å². The lowest BCUT2D eigenvalue weighted by Crippen LogP contribution is -2.41. The van der Waals surface area contributed by atoms with Crippen molar-refractivity contribution in [2.24, 2.45) is 0 Å². The van der Waals surface area contributed by atoms with Gasteiger partial charge in [0, 0.05) is 24.7 Å². The molecule has 0 heterocycles. The number of carbonyl (C=O) groups excluding carboxylic acids is 3. The van der Waals surface area contributed by atoms with Crippen molar-refractivity contribution in [2.45, 2.75) is 25.5 Å². The molecule has 0 fully saturated rings. The van der Waals surface area contributed by atoms with Gasteiger partial charge < -0.3 is 20.1 Å². The predicted octanol–water partition coefficient (Wildman–Crippen LogP) is 2.52. The van der Waals surface area contributed by atoms with Gasteiger partial charge in [0.25, 0.3) is 5.91 Å². The number of hydrogen-bond acceptors (Lipinski definition) is 6. The number of rotatable bonds is 9. The first-order valence-electron chi connectivity index (χ1n) is 8.89. The first-order valence-corrected chi connectivity index (χ1v) is 8.89. The first kappa shape index (κ1) is 21.0. The third-order valence-electron chi connectivity index (χ3n) is 4.11. The van der Waals surface area contributed by atoms with Gasteiger partial charge in [-0.25, -0.2) is 4.79 Å². The van der Waals surface area contributed by atoms with Crippen LogP contribution in [0.4, 0.5) is 5.69 Å². The van der Waals surface area contributed by atoms with E-state index >= 15 is 0 Å². The van der Waals surface area contributed by atoms with Crippen LogP contribution in [0.25, 0.3) is 0 Å². The lowest BCUT2D eigenvalue weighted by molar-refractivity contribution is -0.146. The van der Waals surface area contributed by atoms with E-state index in [1.54, 1.807) is 31.3 Å². The second-order valence-corrected chi connectivity index (χ2v) is 6.06. The van der Waals surface area contributed by atoms with Gasteiger partial charge in [0.15, 0.2) is 0 Å². The molecule has 0 spiro atoms. The molecule has 28 heavy (non-hydrogen) atoms. The number of esters is 2. The minimum atomic E-state index is -0.939. The predicted molar refractivity (Wildman–Crippen MR) is 105 cm³/mol. The second-order valence-electron chi connectivity index (χ2n) is 6.06. The highest BCUT2D eigenvalue weighted by Crippen LogP contribution is 2.10. The van der Waals surface area contributed by atoms with E-state index in [1.807, 2.05) is 30.3 Å². The van der Waals surface area contributed by atoms with Crippen LogP contribution in [-0.2, 0) is 25.7 Å². The number of carbonyl (C=O) groups is 3. The van der Waals surface area contributed by atoms with Crippen molar-refractivity contribution in [2.75, 3.05) is 19.5 Å². The molecular formula is C21H24N2O5. The summed E-state index contributed by atoms with van der Waals surface area (Å²) in [6, 6.07) is 15.1. The monoisotopic (exact) mass is 384 g/mol. The molecule has 0 aliphatic heterocycles. The summed E-state index contributed by atoms with van der Waals surface area (Å²) in [5.41, 5.74) is 2.14. The Morgan fingerprint density at radius 1 is 1.00 bits per heavy atom. The van der Waals surface area contributed by atoms with Crippen molar-refractivity contribution in [3.05, 3.63) is 65.7 Å². The zero-order chi connectivity index (χ0) is 20.4. The van der Waals surface area contributed by atoms with Crippen molar-refractivity contribution >= 4 is 23.5 Å². The Morgan fingerprint density at radius 2 is 1.68 bits per heavy atom. The lowest BCUT2D eigenvalue weighted by Gasteiger charge is -2.16. The summed E-state index contributed by atoms with van der Waals surface area (Å²) < 4.78 is 9.93. The molecule has 7 nitrogen and oxygen atoms in total. The van der Waals surface area contributed by atoms with Gasteiger partial charge in [-0.1, -0.05) is 30.3 Å². The summed E-state index contributed by atoms with van der Waals surface area (Å²) in [5, 5.41) is 5.57. The fourth-order valence-corrected chi connectivity index (χ4v) is 2.49. The average Bonchev–Trinajstić information content (AvgIpc) is 2.75. The average molecular weight is 384 g/mol. The summed E-state index contributed by atoms with van der Waals surface area (Å²) in [4.78, 5) is 36.3. The number of nitrogens with one attached hydrogen (secondary N) is 2. The number of ether oxygens (including phenoxy) is 2. The van der Waals surface area contributed by atoms with Crippen LogP contribution < -0.4 is 10.6 Å². The van der Waals surface area contributed by atoms with Crippen molar-refractivity contribution in [3.63, 3.8) is 0 Å². The summed E-state index contributed by atoms with van der Waals surface area (Å²) in [5.74, 6) is -1.49. The largest absolute Gasteiger partial charge is 0.467 e. The molecule has 2 aromatic carbocycles. The molecule has 1 atom stereocenters. The van der Waals surface area contributed by atoms with Gasteiger partial charge in [0.1, 0.15) is 12.6 Å². The molecule has 0 radical (unpaired) electrons. The van der Waals surface area contributed by atoms with Crippen molar-refractivity contribution < 1.29 is 23.9 Å². The zero-order valence-corrected chi connectivity index (χ0v) is 15.9. The number of benzene rings is 2. The maximum absolute atomic E-state index is 12.4. The SMILES string of the molecule is CNc1ccc(C(=O)NC(CCC(=O)OCc2ccccc2)C(=O)OC)cc1. The first-order chi connectivity index (χ1) is 13.5. The molecule has 0 aliphatic rings. The topological polar surface area (TPSA) is 93.7 Å². The summed E-state index contributed by atoms with van der Waals surface area (Å²) in [6.45, 7) is 0.159. The fraction of sp³-hybridized carbons (Fsp3) is 0.286. The second kappa shape index (κ2) is 10.7. The third-order valence-corrected chi connectivity index (χ3v) is 4.11. The van der Waals surface area contributed by atoms with Crippen LogP contribution >= 0.6 is 0 Å². The Morgan fingerprint density at radius 3 is 2.29 bits per heavy atom. The number of amides is 1. The van der Waals surface area contributed by atoms with Gasteiger partial charge in [-0.2, -0.15) is 0 Å². The highest BCUT2D eigenvalue weighted by molar-refractivity contribution is 5.97. The van der Waals surface area contributed by atoms with Crippen LogP contribution in [0.1, 0.15) is 28.8 Å². The molecule has 2 N–H and O–H groups in total. The van der Waals surface area contributed by atoms with E-state index in [0.717, 1.165) is 11.3 Å². The van der Waals surface area contributed by atoms with E-state index in [9.17, 15) is 14.4 Å². The standard InChI is InChI=1S/C21H24N2O5/c1-22-17-10-8-16(9-11-17)20(25)23-18(21(26)27-2)12-13-19(24)28-14-15-6-4-3-5-7-15/h3-11,18,22H,12-14H2,1-2H3,(H,23,25). The number of hydrogen-bond donors (Lipinski definition) is 2. The molecular weight excluding hydrogens is 360 g/mol. The number of anilines is 1.